The number of amides is 1. The van der Waals surface area contributed by atoms with Crippen LogP contribution in [-0.2, 0) is 9.59 Å². The van der Waals surface area contributed by atoms with Gasteiger partial charge in [0.1, 0.15) is 6.04 Å². The van der Waals surface area contributed by atoms with Crippen LogP contribution in [0.3, 0.4) is 0 Å². The highest BCUT2D eigenvalue weighted by Crippen LogP contribution is 2.53. The third-order valence-electron chi connectivity index (χ3n) is 3.31. The maximum atomic E-state index is 11.3. The summed E-state index contributed by atoms with van der Waals surface area (Å²) in [4.78, 5) is 23.6. The fraction of sp³-hybridized carbons (Fsp3) is 0.818. The van der Waals surface area contributed by atoms with E-state index in [9.17, 15) is 14.7 Å². The van der Waals surface area contributed by atoms with E-state index < -0.39 is 16.8 Å². The topological polar surface area (TPSA) is 57.6 Å². The molecule has 0 aromatic heterocycles. The van der Waals surface area contributed by atoms with E-state index in [2.05, 4.69) is 0 Å². The Balaban J connectivity index is 3.20. The van der Waals surface area contributed by atoms with E-state index in [1.54, 1.807) is 11.8 Å². The molecule has 0 saturated carbocycles. The molecule has 1 rings (SSSR count). The van der Waals surface area contributed by atoms with Gasteiger partial charge in [0, 0.05) is 4.75 Å². The summed E-state index contributed by atoms with van der Waals surface area (Å²) in [5.74, 6) is -0.923. The number of carboxylic acids is 1. The van der Waals surface area contributed by atoms with Crippen molar-refractivity contribution in [3.8, 4) is 0 Å². The lowest BCUT2D eigenvalue weighted by Gasteiger charge is -2.34. The summed E-state index contributed by atoms with van der Waals surface area (Å²) in [5, 5.41) is 9.26. The summed E-state index contributed by atoms with van der Waals surface area (Å²) >= 11 is 1.60. The van der Waals surface area contributed by atoms with Crippen molar-refractivity contribution in [2.24, 2.45) is 0 Å². The number of carbonyl (C=O) groups is 2. The van der Waals surface area contributed by atoms with E-state index in [1.165, 1.54) is 4.90 Å². The summed E-state index contributed by atoms with van der Waals surface area (Å²) in [5.41, 5.74) is 0. The fourth-order valence-electron chi connectivity index (χ4n) is 2.50. The van der Waals surface area contributed by atoms with Gasteiger partial charge < -0.3 is 10.0 Å². The van der Waals surface area contributed by atoms with Crippen molar-refractivity contribution >= 4 is 24.1 Å². The lowest BCUT2D eigenvalue weighted by Crippen LogP contribution is -2.50. The van der Waals surface area contributed by atoms with Crippen LogP contribution in [0.5, 0.6) is 0 Å². The van der Waals surface area contributed by atoms with Crippen LogP contribution < -0.4 is 0 Å². The predicted molar refractivity (Wildman–Crippen MR) is 64.3 cm³/mol. The standard InChI is InChI=1S/C11H19NO3S/c1-5-11(6-2)12(7-13)8(9(14)15)10(3,4)16-11/h7-8H,5-6H2,1-4H3,(H,14,15). The molecule has 1 aliphatic rings. The molecule has 0 aliphatic carbocycles. The predicted octanol–water partition coefficient (Wildman–Crippen LogP) is 1.94. The Labute approximate surface area is 100 Å². The third-order valence-corrected chi connectivity index (χ3v) is 5.23. The maximum absolute atomic E-state index is 11.3. The largest absolute Gasteiger partial charge is 0.480 e. The summed E-state index contributed by atoms with van der Waals surface area (Å²) in [6.07, 6.45) is 2.22. The first-order chi connectivity index (χ1) is 7.34. The highest BCUT2D eigenvalue weighted by molar-refractivity contribution is 8.02. The summed E-state index contributed by atoms with van der Waals surface area (Å²) < 4.78 is -0.446. The number of carbonyl (C=O) groups excluding carboxylic acids is 1. The molecule has 1 N–H and O–H groups in total. The number of hydrogen-bond donors (Lipinski definition) is 1. The molecule has 5 heteroatoms. The van der Waals surface area contributed by atoms with Crippen molar-refractivity contribution in [1.82, 2.24) is 4.90 Å². The summed E-state index contributed by atoms with van der Waals surface area (Å²) in [6.45, 7) is 7.76. The SMILES string of the molecule is CCC1(CC)SC(C)(C)C(C(=O)O)N1C=O. The van der Waals surface area contributed by atoms with E-state index in [4.69, 9.17) is 0 Å². The first-order valence-corrected chi connectivity index (χ1v) is 6.33. The van der Waals surface area contributed by atoms with Crippen molar-refractivity contribution in [3.05, 3.63) is 0 Å². The minimum atomic E-state index is -0.923. The Morgan fingerprint density at radius 1 is 1.44 bits per heavy atom. The number of thioether (sulfide) groups is 1. The van der Waals surface area contributed by atoms with Gasteiger partial charge >= 0.3 is 5.97 Å². The molecular weight excluding hydrogens is 226 g/mol. The van der Waals surface area contributed by atoms with Gasteiger partial charge in [0.05, 0.1) is 4.87 Å². The van der Waals surface area contributed by atoms with Crippen LogP contribution in [0.2, 0.25) is 0 Å². The van der Waals surface area contributed by atoms with Crippen LogP contribution in [-0.4, -0.2) is 38.0 Å². The van der Waals surface area contributed by atoms with Crippen LogP contribution in [0, 0.1) is 0 Å². The Morgan fingerprint density at radius 2 is 1.94 bits per heavy atom. The van der Waals surface area contributed by atoms with Crippen molar-refractivity contribution < 1.29 is 14.7 Å². The molecule has 1 saturated heterocycles. The molecule has 1 amide bonds. The van der Waals surface area contributed by atoms with Crippen molar-refractivity contribution in [3.63, 3.8) is 0 Å². The minimum Gasteiger partial charge on any atom is -0.480 e. The second kappa shape index (κ2) is 4.28. The molecule has 1 fully saturated rings. The Bertz CT molecular complexity index is 300. The van der Waals surface area contributed by atoms with Gasteiger partial charge in [-0.25, -0.2) is 4.79 Å². The number of rotatable bonds is 4. The molecule has 0 radical (unpaired) electrons. The minimum absolute atomic E-state index is 0.367. The zero-order valence-corrected chi connectivity index (χ0v) is 11.0. The number of nitrogens with zero attached hydrogens (tertiary/aromatic N) is 1. The molecule has 1 aliphatic heterocycles. The van der Waals surface area contributed by atoms with Gasteiger partial charge in [-0.15, -0.1) is 11.8 Å². The lowest BCUT2D eigenvalue weighted by atomic mass is 9.99. The second-order valence-electron chi connectivity index (χ2n) is 4.61. The lowest BCUT2D eigenvalue weighted by molar-refractivity contribution is -0.148. The zero-order valence-electron chi connectivity index (χ0n) is 10.2. The first kappa shape index (κ1) is 13.4. The number of hydrogen-bond acceptors (Lipinski definition) is 3. The molecule has 92 valence electrons. The van der Waals surface area contributed by atoms with Crippen molar-refractivity contribution in [2.75, 3.05) is 0 Å². The summed E-state index contributed by atoms with van der Waals surface area (Å²) in [7, 11) is 0. The Kier molecular flexibility index (Phi) is 3.57. The van der Waals surface area contributed by atoms with Crippen LogP contribution in [0.15, 0.2) is 0 Å². The molecule has 0 bridgehead atoms. The molecule has 0 aromatic carbocycles. The third kappa shape index (κ3) is 1.81. The van der Waals surface area contributed by atoms with E-state index in [0.717, 1.165) is 12.8 Å². The highest BCUT2D eigenvalue weighted by atomic mass is 32.2. The van der Waals surface area contributed by atoms with Gasteiger partial charge in [-0.3, -0.25) is 4.79 Å². The van der Waals surface area contributed by atoms with Gasteiger partial charge in [0.2, 0.25) is 6.41 Å². The van der Waals surface area contributed by atoms with Gasteiger partial charge in [-0.1, -0.05) is 13.8 Å². The smallest absolute Gasteiger partial charge is 0.327 e. The summed E-state index contributed by atoms with van der Waals surface area (Å²) in [6, 6.07) is -0.741. The van der Waals surface area contributed by atoms with Crippen LogP contribution >= 0.6 is 11.8 Å². The van der Waals surface area contributed by atoms with E-state index in [-0.39, 0.29) is 4.87 Å². The Hall–Kier alpha value is -0.710. The molecular formula is C11H19NO3S. The first-order valence-electron chi connectivity index (χ1n) is 5.51. The van der Waals surface area contributed by atoms with Crippen molar-refractivity contribution in [1.29, 1.82) is 0 Å². The Morgan fingerprint density at radius 3 is 2.25 bits per heavy atom. The number of carboxylic acid groups (broad SMARTS) is 1. The molecule has 1 heterocycles. The molecule has 4 nitrogen and oxygen atoms in total. The number of aliphatic carboxylic acids is 1. The van der Waals surface area contributed by atoms with Gasteiger partial charge in [0.15, 0.2) is 0 Å². The fourth-order valence-corrected chi connectivity index (χ4v) is 4.35. The molecule has 1 unspecified atom stereocenters. The van der Waals surface area contributed by atoms with E-state index in [0.29, 0.717) is 6.41 Å². The van der Waals surface area contributed by atoms with Gasteiger partial charge in [-0.05, 0) is 26.7 Å². The maximum Gasteiger partial charge on any atom is 0.327 e. The van der Waals surface area contributed by atoms with Crippen LogP contribution in [0.25, 0.3) is 0 Å². The average Bonchev–Trinajstić information content (AvgIpc) is 2.45. The monoisotopic (exact) mass is 245 g/mol. The van der Waals surface area contributed by atoms with E-state index in [1.807, 2.05) is 27.7 Å². The van der Waals surface area contributed by atoms with Crippen LogP contribution in [0.1, 0.15) is 40.5 Å². The molecule has 0 spiro atoms. The van der Waals surface area contributed by atoms with Gasteiger partial charge in [0.25, 0.3) is 0 Å². The molecule has 0 aromatic rings. The highest BCUT2D eigenvalue weighted by Gasteiger charge is 2.57. The second-order valence-corrected chi connectivity index (χ2v) is 6.63. The molecule has 16 heavy (non-hydrogen) atoms. The van der Waals surface area contributed by atoms with Crippen molar-refractivity contribution in [2.45, 2.75) is 56.2 Å². The quantitative estimate of drug-likeness (QED) is 0.769. The zero-order chi connectivity index (χ0) is 12.6. The normalized spacial score (nSPS) is 26.8. The average molecular weight is 245 g/mol. The molecule has 1 atom stereocenters. The van der Waals surface area contributed by atoms with Crippen LogP contribution in [0.4, 0.5) is 0 Å². The van der Waals surface area contributed by atoms with E-state index >= 15 is 0 Å². The van der Waals surface area contributed by atoms with Gasteiger partial charge in [-0.2, -0.15) is 0 Å².